The van der Waals surface area contributed by atoms with Crippen LogP contribution in [0.15, 0.2) is 29.3 Å². The van der Waals surface area contributed by atoms with Gasteiger partial charge in [-0.25, -0.2) is 9.59 Å². The lowest BCUT2D eigenvalue weighted by atomic mass is 10.2. The van der Waals surface area contributed by atoms with E-state index in [9.17, 15) is 9.59 Å². The average Bonchev–Trinajstić information content (AvgIpc) is 3.31. The van der Waals surface area contributed by atoms with Gasteiger partial charge in [-0.3, -0.25) is 9.89 Å². The summed E-state index contributed by atoms with van der Waals surface area (Å²) in [4.78, 5) is 34.3. The molecule has 10 heteroatoms. The van der Waals surface area contributed by atoms with E-state index in [2.05, 4.69) is 15.2 Å². The molecule has 170 valence electrons. The molecule has 2 amide bonds. The standard InChI is InChI=1S/C21H29N5O4.HI/c1-21(2,3)30-19(27)24-8-9-25-17(14-24)13-23-18(25)22-12-15-4-6-16(7-5-15)26-10-11-29-20(26)28;/h4-7,17H,8-14H2,1-3H3,(H,22,23);1H. The van der Waals surface area contributed by atoms with Gasteiger partial charge in [-0.05, 0) is 38.5 Å². The number of nitrogens with zero attached hydrogens (tertiary/aromatic N) is 4. The summed E-state index contributed by atoms with van der Waals surface area (Å²) in [7, 11) is 0. The van der Waals surface area contributed by atoms with Crippen LogP contribution in [0.5, 0.6) is 0 Å². The van der Waals surface area contributed by atoms with Crippen LogP contribution in [0.3, 0.4) is 0 Å². The minimum Gasteiger partial charge on any atom is -0.447 e. The number of anilines is 1. The van der Waals surface area contributed by atoms with Crippen molar-refractivity contribution in [3.63, 3.8) is 0 Å². The van der Waals surface area contributed by atoms with Crippen LogP contribution in [-0.2, 0) is 16.0 Å². The van der Waals surface area contributed by atoms with Crippen LogP contribution in [0, 0.1) is 0 Å². The molecule has 0 aromatic heterocycles. The Kier molecular flexibility index (Phi) is 7.17. The van der Waals surface area contributed by atoms with Gasteiger partial charge < -0.3 is 24.6 Å². The highest BCUT2D eigenvalue weighted by molar-refractivity contribution is 14.0. The number of aliphatic imine (C=N–C) groups is 1. The fraction of sp³-hybridized carbons (Fsp3) is 0.571. The van der Waals surface area contributed by atoms with Gasteiger partial charge in [0.05, 0.1) is 19.1 Å². The molecule has 1 N–H and O–H groups in total. The van der Waals surface area contributed by atoms with Crippen LogP contribution in [0.4, 0.5) is 15.3 Å². The number of ether oxygens (including phenoxy) is 2. The molecule has 1 aromatic rings. The summed E-state index contributed by atoms with van der Waals surface area (Å²) in [5.41, 5.74) is 1.46. The fourth-order valence-corrected chi connectivity index (χ4v) is 3.83. The lowest BCUT2D eigenvalue weighted by Gasteiger charge is -2.39. The number of halogens is 1. The number of hydrogen-bond acceptors (Lipinski definition) is 7. The monoisotopic (exact) mass is 543 g/mol. The number of cyclic esters (lactones) is 1. The molecule has 1 atom stereocenters. The minimum atomic E-state index is -0.488. The zero-order valence-electron chi connectivity index (χ0n) is 18.2. The number of nitrogens with one attached hydrogen (secondary N) is 1. The predicted octanol–water partition coefficient (Wildman–Crippen LogP) is 2.64. The van der Waals surface area contributed by atoms with E-state index in [1.165, 1.54) is 0 Å². The molecule has 2 fully saturated rings. The molecule has 0 radical (unpaired) electrons. The summed E-state index contributed by atoms with van der Waals surface area (Å²) in [5.74, 6) is 0.871. The first-order valence-electron chi connectivity index (χ1n) is 10.4. The largest absolute Gasteiger partial charge is 0.447 e. The molecular formula is C21H30IN5O4. The van der Waals surface area contributed by atoms with Crippen LogP contribution in [0.25, 0.3) is 0 Å². The third-order valence-electron chi connectivity index (χ3n) is 5.32. The van der Waals surface area contributed by atoms with E-state index in [1.54, 1.807) is 9.80 Å². The number of benzene rings is 1. The van der Waals surface area contributed by atoms with E-state index in [0.717, 1.165) is 23.8 Å². The van der Waals surface area contributed by atoms with Gasteiger partial charge in [0.15, 0.2) is 5.96 Å². The molecule has 3 aliphatic rings. The van der Waals surface area contributed by atoms with Crippen molar-refractivity contribution in [1.29, 1.82) is 0 Å². The molecule has 3 heterocycles. The Bertz CT molecular complexity index is 839. The summed E-state index contributed by atoms with van der Waals surface area (Å²) in [6.45, 7) is 9.93. The summed E-state index contributed by atoms with van der Waals surface area (Å²) in [6.07, 6.45) is -0.553. The molecule has 0 spiro atoms. The fourth-order valence-electron chi connectivity index (χ4n) is 3.83. The van der Waals surface area contributed by atoms with Crippen LogP contribution < -0.4 is 10.2 Å². The highest BCUT2D eigenvalue weighted by Gasteiger charge is 2.36. The van der Waals surface area contributed by atoms with Crippen molar-refractivity contribution in [1.82, 2.24) is 15.1 Å². The number of carbonyl (C=O) groups is 2. The number of guanidine groups is 1. The first-order chi connectivity index (χ1) is 14.3. The van der Waals surface area contributed by atoms with E-state index >= 15 is 0 Å². The Labute approximate surface area is 199 Å². The zero-order chi connectivity index (χ0) is 21.3. The first-order valence-corrected chi connectivity index (χ1v) is 10.4. The van der Waals surface area contributed by atoms with Crippen molar-refractivity contribution in [2.45, 2.75) is 39.0 Å². The van der Waals surface area contributed by atoms with Crippen molar-refractivity contribution < 1.29 is 19.1 Å². The smallest absolute Gasteiger partial charge is 0.414 e. The van der Waals surface area contributed by atoms with Gasteiger partial charge >= 0.3 is 12.2 Å². The van der Waals surface area contributed by atoms with Crippen LogP contribution in [-0.4, -0.2) is 78.9 Å². The summed E-state index contributed by atoms with van der Waals surface area (Å²) in [6, 6.07) is 8.05. The normalized spacial score (nSPS) is 20.6. The second-order valence-corrected chi connectivity index (χ2v) is 8.72. The predicted molar refractivity (Wildman–Crippen MR) is 128 cm³/mol. The summed E-state index contributed by atoms with van der Waals surface area (Å²) in [5, 5.41) is 3.41. The summed E-state index contributed by atoms with van der Waals surface area (Å²) >= 11 is 0. The molecule has 4 rings (SSSR count). The maximum atomic E-state index is 12.3. The highest BCUT2D eigenvalue weighted by Crippen LogP contribution is 2.21. The molecule has 1 unspecified atom stereocenters. The van der Waals surface area contributed by atoms with E-state index < -0.39 is 5.60 Å². The van der Waals surface area contributed by atoms with E-state index in [-0.39, 0.29) is 42.2 Å². The Morgan fingerprint density at radius 2 is 1.97 bits per heavy atom. The molecule has 0 saturated carbocycles. The maximum Gasteiger partial charge on any atom is 0.414 e. The molecule has 0 bridgehead atoms. The summed E-state index contributed by atoms with van der Waals surface area (Å²) < 4.78 is 10.5. The Morgan fingerprint density at radius 1 is 1.23 bits per heavy atom. The Hall–Kier alpha value is -2.24. The third-order valence-corrected chi connectivity index (χ3v) is 5.32. The van der Waals surface area contributed by atoms with Crippen molar-refractivity contribution in [3.8, 4) is 0 Å². The maximum absolute atomic E-state index is 12.3. The van der Waals surface area contributed by atoms with Crippen molar-refractivity contribution >= 4 is 47.8 Å². The molecular weight excluding hydrogens is 513 g/mol. The SMILES string of the molecule is CC(C)(C)OC(=O)N1CCN2C(NCc3ccc(N4CCOC4=O)cc3)=NCC2C1.I. The van der Waals surface area contributed by atoms with Crippen molar-refractivity contribution in [2.24, 2.45) is 4.99 Å². The molecule has 3 aliphatic heterocycles. The second-order valence-electron chi connectivity index (χ2n) is 8.72. The Morgan fingerprint density at radius 3 is 2.61 bits per heavy atom. The topological polar surface area (TPSA) is 86.7 Å². The number of amides is 2. The molecule has 9 nitrogen and oxygen atoms in total. The van der Waals surface area contributed by atoms with Gasteiger partial charge in [0.25, 0.3) is 0 Å². The lowest BCUT2D eigenvalue weighted by molar-refractivity contribution is 0.0137. The van der Waals surface area contributed by atoms with Crippen LogP contribution in [0.1, 0.15) is 26.3 Å². The third kappa shape index (κ3) is 5.52. The number of rotatable bonds is 3. The zero-order valence-corrected chi connectivity index (χ0v) is 20.5. The quantitative estimate of drug-likeness (QED) is 0.591. The Balaban J connectivity index is 0.00000272. The van der Waals surface area contributed by atoms with E-state index in [4.69, 9.17) is 9.47 Å². The lowest BCUT2D eigenvalue weighted by Crippen LogP contribution is -2.57. The molecule has 31 heavy (non-hydrogen) atoms. The molecule has 2 saturated heterocycles. The number of hydrogen-bond donors (Lipinski definition) is 1. The van der Waals surface area contributed by atoms with Crippen LogP contribution >= 0.6 is 24.0 Å². The van der Waals surface area contributed by atoms with Gasteiger partial charge in [0.1, 0.15) is 12.2 Å². The van der Waals surface area contributed by atoms with Gasteiger partial charge in [-0.15, -0.1) is 24.0 Å². The van der Waals surface area contributed by atoms with Gasteiger partial charge in [0.2, 0.25) is 0 Å². The number of piperazine rings is 1. The number of carbonyl (C=O) groups excluding carboxylic acids is 2. The van der Waals surface area contributed by atoms with Crippen molar-refractivity contribution in [2.75, 3.05) is 44.2 Å². The van der Waals surface area contributed by atoms with E-state index in [0.29, 0.717) is 39.3 Å². The number of fused-ring (bicyclic) bond motifs is 1. The molecule has 0 aliphatic carbocycles. The first kappa shape index (κ1) is 23.4. The van der Waals surface area contributed by atoms with Gasteiger partial charge in [-0.2, -0.15) is 0 Å². The second kappa shape index (κ2) is 9.49. The van der Waals surface area contributed by atoms with Crippen LogP contribution in [0.2, 0.25) is 0 Å². The average molecular weight is 543 g/mol. The highest BCUT2D eigenvalue weighted by atomic mass is 127. The van der Waals surface area contributed by atoms with Gasteiger partial charge in [0, 0.05) is 31.9 Å². The van der Waals surface area contributed by atoms with E-state index in [1.807, 2.05) is 45.0 Å². The van der Waals surface area contributed by atoms with Crippen molar-refractivity contribution in [3.05, 3.63) is 29.8 Å². The molecule has 1 aromatic carbocycles. The minimum absolute atomic E-state index is 0. The van der Waals surface area contributed by atoms with Gasteiger partial charge in [-0.1, -0.05) is 12.1 Å².